The number of hydrogen-bond donors (Lipinski definition) is 2. The number of carbonyl (C=O) groups is 1. The summed E-state index contributed by atoms with van der Waals surface area (Å²) in [7, 11) is 0. The molecule has 0 unspecified atom stereocenters. The van der Waals surface area contributed by atoms with Crippen molar-refractivity contribution in [3.63, 3.8) is 0 Å². The smallest absolute Gasteiger partial charge is 0.305 e. The summed E-state index contributed by atoms with van der Waals surface area (Å²) in [4.78, 5) is 10.5. The molecule has 76 valence electrons. The summed E-state index contributed by atoms with van der Waals surface area (Å²) in [6, 6.07) is 4.59. The van der Waals surface area contributed by atoms with Crippen LogP contribution in [-0.2, 0) is 4.79 Å². The van der Waals surface area contributed by atoms with Gasteiger partial charge in [-0.05, 0) is 23.8 Å². The van der Waals surface area contributed by atoms with Gasteiger partial charge in [0.05, 0.1) is 6.42 Å². The Kier molecular flexibility index (Phi) is 3.92. The molecule has 0 bridgehead atoms. The van der Waals surface area contributed by atoms with E-state index in [9.17, 15) is 4.79 Å². The predicted molar refractivity (Wildman–Crippen MR) is 58.3 cm³/mol. The number of hydrogen-bond acceptors (Lipinski definition) is 2. The molecule has 0 saturated carbocycles. The maximum absolute atomic E-state index is 10.5. The second-order valence-electron chi connectivity index (χ2n) is 2.87. The highest BCUT2D eigenvalue weighted by molar-refractivity contribution is 9.10. The van der Waals surface area contributed by atoms with Crippen molar-refractivity contribution in [2.45, 2.75) is 12.5 Å². The highest BCUT2D eigenvalue weighted by atomic mass is 79.9. The van der Waals surface area contributed by atoms with Crippen molar-refractivity contribution in [3.8, 4) is 0 Å². The summed E-state index contributed by atoms with van der Waals surface area (Å²) < 4.78 is 0.774. The van der Waals surface area contributed by atoms with Gasteiger partial charge in [-0.3, -0.25) is 4.79 Å². The molecule has 0 fully saturated rings. The van der Waals surface area contributed by atoms with E-state index in [1.165, 1.54) is 0 Å². The van der Waals surface area contributed by atoms with Gasteiger partial charge in [0.25, 0.3) is 0 Å². The van der Waals surface area contributed by atoms with Crippen molar-refractivity contribution < 1.29 is 9.90 Å². The molecule has 1 atom stereocenters. The monoisotopic (exact) mass is 277 g/mol. The quantitative estimate of drug-likeness (QED) is 0.893. The van der Waals surface area contributed by atoms with Crippen LogP contribution in [0.3, 0.4) is 0 Å². The zero-order valence-electron chi connectivity index (χ0n) is 7.21. The normalized spacial score (nSPS) is 12.5. The maximum Gasteiger partial charge on any atom is 0.305 e. The first-order chi connectivity index (χ1) is 6.50. The summed E-state index contributed by atoms with van der Waals surface area (Å²) in [6.45, 7) is 0. The molecule has 3 N–H and O–H groups in total. The van der Waals surface area contributed by atoms with Gasteiger partial charge in [0.15, 0.2) is 0 Å². The Labute approximate surface area is 95.0 Å². The maximum atomic E-state index is 10.5. The Morgan fingerprint density at radius 1 is 1.64 bits per heavy atom. The Bertz CT molecular complexity index is 357. The zero-order chi connectivity index (χ0) is 10.7. The van der Waals surface area contributed by atoms with Crippen LogP contribution in [0.25, 0.3) is 0 Å². The summed E-state index contributed by atoms with van der Waals surface area (Å²) in [5, 5.41) is 9.12. The van der Waals surface area contributed by atoms with Gasteiger partial charge in [0.2, 0.25) is 0 Å². The highest BCUT2D eigenvalue weighted by Crippen LogP contribution is 2.26. The number of aliphatic carboxylic acids is 1. The zero-order valence-corrected chi connectivity index (χ0v) is 9.55. The molecular weight excluding hydrogens is 269 g/mol. The molecule has 0 radical (unpaired) electrons. The third-order valence-corrected chi connectivity index (χ3v) is 2.71. The Morgan fingerprint density at radius 2 is 2.29 bits per heavy atom. The van der Waals surface area contributed by atoms with Gasteiger partial charge in [-0.25, -0.2) is 0 Å². The number of halogens is 2. The molecule has 0 aromatic heterocycles. The van der Waals surface area contributed by atoms with Crippen LogP contribution in [-0.4, -0.2) is 11.1 Å². The molecule has 0 saturated heterocycles. The fraction of sp³-hybridized carbons (Fsp3) is 0.222. The molecule has 3 nitrogen and oxygen atoms in total. The lowest BCUT2D eigenvalue weighted by molar-refractivity contribution is -0.137. The summed E-state index contributed by atoms with van der Waals surface area (Å²) >= 11 is 9.06. The number of carboxylic acids is 1. The first kappa shape index (κ1) is 11.5. The van der Waals surface area contributed by atoms with E-state index in [4.69, 9.17) is 22.4 Å². The van der Waals surface area contributed by atoms with E-state index in [1.807, 2.05) is 0 Å². The summed E-state index contributed by atoms with van der Waals surface area (Å²) in [5.74, 6) is -0.927. The van der Waals surface area contributed by atoms with Gasteiger partial charge in [-0.2, -0.15) is 0 Å². The van der Waals surface area contributed by atoms with E-state index >= 15 is 0 Å². The van der Waals surface area contributed by atoms with Crippen LogP contribution in [0, 0.1) is 0 Å². The number of nitrogens with two attached hydrogens (primary N) is 1. The lowest BCUT2D eigenvalue weighted by atomic mass is 10.1. The minimum Gasteiger partial charge on any atom is -0.481 e. The van der Waals surface area contributed by atoms with Gasteiger partial charge >= 0.3 is 5.97 Å². The SMILES string of the molecule is N[C@@H](CC(=O)O)c1cc(Cl)ccc1Br. The molecule has 0 aliphatic heterocycles. The molecule has 0 heterocycles. The van der Waals surface area contributed by atoms with Gasteiger partial charge in [-0.15, -0.1) is 0 Å². The molecule has 1 aromatic carbocycles. The molecular formula is C9H9BrClNO2. The standard InChI is InChI=1S/C9H9BrClNO2/c10-7-2-1-5(11)3-6(7)8(12)4-9(13)14/h1-3,8H,4,12H2,(H,13,14)/t8-/m0/s1. The number of benzene rings is 1. The van der Waals surface area contributed by atoms with Crippen LogP contribution in [0.5, 0.6) is 0 Å². The van der Waals surface area contributed by atoms with Crippen LogP contribution >= 0.6 is 27.5 Å². The van der Waals surface area contributed by atoms with Gasteiger partial charge in [0, 0.05) is 15.5 Å². The molecule has 14 heavy (non-hydrogen) atoms. The molecule has 1 aromatic rings. The Balaban J connectivity index is 2.93. The first-order valence-corrected chi connectivity index (χ1v) is 5.10. The molecule has 0 aliphatic rings. The fourth-order valence-electron chi connectivity index (χ4n) is 1.10. The largest absolute Gasteiger partial charge is 0.481 e. The third kappa shape index (κ3) is 2.97. The van der Waals surface area contributed by atoms with Crippen molar-refractivity contribution in [1.29, 1.82) is 0 Å². The second-order valence-corrected chi connectivity index (χ2v) is 4.16. The minimum absolute atomic E-state index is 0.112. The average molecular weight is 279 g/mol. The average Bonchev–Trinajstić information content (AvgIpc) is 2.08. The van der Waals surface area contributed by atoms with E-state index in [1.54, 1.807) is 18.2 Å². The van der Waals surface area contributed by atoms with E-state index in [0.717, 1.165) is 4.47 Å². The van der Waals surface area contributed by atoms with Crippen molar-refractivity contribution in [2.75, 3.05) is 0 Å². The minimum atomic E-state index is -0.927. The van der Waals surface area contributed by atoms with Crippen LogP contribution in [0.1, 0.15) is 18.0 Å². The van der Waals surface area contributed by atoms with Crippen LogP contribution in [0.4, 0.5) is 0 Å². The van der Waals surface area contributed by atoms with Crippen molar-refractivity contribution in [2.24, 2.45) is 5.73 Å². The van der Waals surface area contributed by atoms with Gasteiger partial charge < -0.3 is 10.8 Å². The number of rotatable bonds is 3. The molecule has 0 aliphatic carbocycles. The molecule has 0 amide bonds. The van der Waals surface area contributed by atoms with Crippen LogP contribution in [0.2, 0.25) is 5.02 Å². The van der Waals surface area contributed by atoms with Gasteiger partial charge in [-0.1, -0.05) is 27.5 Å². The highest BCUT2D eigenvalue weighted by Gasteiger charge is 2.13. The molecule has 0 spiro atoms. The van der Waals surface area contributed by atoms with Crippen molar-refractivity contribution in [1.82, 2.24) is 0 Å². The lowest BCUT2D eigenvalue weighted by Gasteiger charge is -2.11. The van der Waals surface area contributed by atoms with E-state index in [2.05, 4.69) is 15.9 Å². The van der Waals surface area contributed by atoms with E-state index < -0.39 is 12.0 Å². The van der Waals surface area contributed by atoms with E-state index in [-0.39, 0.29) is 6.42 Å². The summed E-state index contributed by atoms with van der Waals surface area (Å²) in [6.07, 6.45) is -0.112. The summed E-state index contributed by atoms with van der Waals surface area (Å²) in [5.41, 5.74) is 6.40. The van der Waals surface area contributed by atoms with Crippen molar-refractivity contribution >= 4 is 33.5 Å². The van der Waals surface area contributed by atoms with E-state index in [0.29, 0.717) is 10.6 Å². The first-order valence-electron chi connectivity index (χ1n) is 3.93. The Morgan fingerprint density at radius 3 is 2.86 bits per heavy atom. The van der Waals surface area contributed by atoms with Gasteiger partial charge in [0.1, 0.15) is 0 Å². The topological polar surface area (TPSA) is 63.3 Å². The van der Waals surface area contributed by atoms with Crippen molar-refractivity contribution in [3.05, 3.63) is 33.3 Å². The number of carboxylic acid groups (broad SMARTS) is 1. The molecule has 5 heteroatoms. The Hall–Kier alpha value is -0.580. The third-order valence-electron chi connectivity index (χ3n) is 1.75. The predicted octanol–water partition coefficient (Wildman–Crippen LogP) is 2.58. The van der Waals surface area contributed by atoms with Crippen LogP contribution in [0.15, 0.2) is 22.7 Å². The lowest BCUT2D eigenvalue weighted by Crippen LogP contribution is -2.15. The second kappa shape index (κ2) is 4.77. The molecule has 1 rings (SSSR count). The fourth-order valence-corrected chi connectivity index (χ4v) is 1.82. The van der Waals surface area contributed by atoms with Crippen LogP contribution < -0.4 is 5.73 Å².